The Morgan fingerprint density at radius 1 is 1.06 bits per heavy atom. The van der Waals surface area contributed by atoms with Crippen LogP contribution in [0.4, 0.5) is 9.18 Å². The Morgan fingerprint density at radius 2 is 1.71 bits per heavy atom. The van der Waals surface area contributed by atoms with Crippen LogP contribution in [0.5, 0.6) is 0 Å². The quantitative estimate of drug-likeness (QED) is 0.398. The van der Waals surface area contributed by atoms with Gasteiger partial charge in [0.25, 0.3) is 0 Å². The molecule has 0 aliphatic heterocycles. The second-order valence-corrected chi connectivity index (χ2v) is 8.25. The lowest BCUT2D eigenvalue weighted by atomic mass is 9.92. The number of nitrogens with zero attached hydrogens (tertiary/aromatic N) is 2. The molecule has 8 nitrogen and oxygen atoms in total. The van der Waals surface area contributed by atoms with Crippen LogP contribution < -0.4 is 5.32 Å². The van der Waals surface area contributed by atoms with E-state index in [1.807, 2.05) is 13.8 Å². The standard InChI is InChI=1S/C25H33ClFN3O5/c1-5-29(6-2)13-14-30(24(32)33)17-23(31)28-16-18-11-12-19(26)15-21(18)25(34-3,35-4)20-9-7-8-10-22(20)27/h7-12,15H,5-6,13-14,16-17H2,1-4H3,(H,28,31)(H,32,33). The summed E-state index contributed by atoms with van der Waals surface area (Å²) in [5.74, 6) is -2.62. The molecule has 0 saturated heterocycles. The van der Waals surface area contributed by atoms with E-state index in [9.17, 15) is 19.1 Å². The molecule has 0 aliphatic carbocycles. The number of hydrogen-bond donors (Lipinski definition) is 2. The molecule has 192 valence electrons. The lowest BCUT2D eigenvalue weighted by molar-refractivity contribution is -0.186. The Morgan fingerprint density at radius 3 is 2.29 bits per heavy atom. The summed E-state index contributed by atoms with van der Waals surface area (Å²) in [6.45, 7) is 6.01. The van der Waals surface area contributed by atoms with Crippen LogP contribution in [0.3, 0.4) is 0 Å². The second kappa shape index (κ2) is 13.4. The van der Waals surface area contributed by atoms with Gasteiger partial charge in [-0.1, -0.05) is 49.7 Å². The molecule has 2 rings (SSSR count). The van der Waals surface area contributed by atoms with Crippen molar-refractivity contribution in [3.8, 4) is 0 Å². The highest BCUT2D eigenvalue weighted by atomic mass is 35.5. The highest BCUT2D eigenvalue weighted by molar-refractivity contribution is 6.30. The van der Waals surface area contributed by atoms with E-state index in [0.717, 1.165) is 18.0 Å². The fraction of sp³-hybridized carbons (Fsp3) is 0.440. The topological polar surface area (TPSA) is 91.3 Å². The van der Waals surface area contributed by atoms with E-state index in [-0.39, 0.29) is 25.2 Å². The smallest absolute Gasteiger partial charge is 0.407 e. The van der Waals surface area contributed by atoms with E-state index in [1.165, 1.54) is 20.3 Å². The fourth-order valence-electron chi connectivity index (χ4n) is 3.87. The van der Waals surface area contributed by atoms with E-state index >= 15 is 0 Å². The van der Waals surface area contributed by atoms with E-state index < -0.39 is 23.6 Å². The number of hydrogen-bond acceptors (Lipinski definition) is 5. The number of nitrogens with one attached hydrogen (secondary N) is 1. The third kappa shape index (κ3) is 7.14. The normalized spacial score (nSPS) is 11.5. The van der Waals surface area contributed by atoms with Gasteiger partial charge in [-0.15, -0.1) is 0 Å². The minimum absolute atomic E-state index is 0.0256. The number of ether oxygens (including phenoxy) is 2. The molecule has 0 unspecified atom stereocenters. The van der Waals surface area contributed by atoms with Gasteiger partial charge in [-0.2, -0.15) is 0 Å². The first kappa shape index (κ1) is 28.5. The largest absolute Gasteiger partial charge is 0.465 e. The van der Waals surface area contributed by atoms with Gasteiger partial charge in [0.15, 0.2) is 0 Å². The lowest BCUT2D eigenvalue weighted by Crippen LogP contribution is -2.44. The number of amides is 2. The van der Waals surface area contributed by atoms with Crippen LogP contribution in [0, 0.1) is 5.82 Å². The van der Waals surface area contributed by atoms with Crippen molar-refractivity contribution in [3.05, 3.63) is 70.0 Å². The van der Waals surface area contributed by atoms with Crippen LogP contribution in [0.1, 0.15) is 30.5 Å². The molecule has 10 heteroatoms. The van der Waals surface area contributed by atoms with Crippen molar-refractivity contribution in [2.75, 3.05) is 46.9 Å². The summed E-state index contributed by atoms with van der Waals surface area (Å²) in [5, 5.41) is 12.6. The molecular formula is C25H33ClFN3O5. The van der Waals surface area contributed by atoms with Gasteiger partial charge in [0.2, 0.25) is 11.7 Å². The third-order valence-corrected chi connectivity index (χ3v) is 6.13. The maximum Gasteiger partial charge on any atom is 0.407 e. The van der Waals surface area contributed by atoms with Crippen LogP contribution in [0.25, 0.3) is 0 Å². The maximum absolute atomic E-state index is 14.8. The summed E-state index contributed by atoms with van der Waals surface area (Å²) >= 11 is 6.25. The summed E-state index contributed by atoms with van der Waals surface area (Å²) in [6, 6.07) is 11.0. The van der Waals surface area contributed by atoms with Crippen LogP contribution in [0.2, 0.25) is 5.02 Å². The first-order valence-corrected chi connectivity index (χ1v) is 11.7. The van der Waals surface area contributed by atoms with Crippen LogP contribution >= 0.6 is 11.6 Å². The van der Waals surface area contributed by atoms with Gasteiger partial charge in [-0.3, -0.25) is 9.69 Å². The van der Waals surface area contributed by atoms with Gasteiger partial charge in [0, 0.05) is 44.4 Å². The van der Waals surface area contributed by atoms with Crippen molar-refractivity contribution in [1.29, 1.82) is 0 Å². The van der Waals surface area contributed by atoms with Crippen molar-refractivity contribution >= 4 is 23.6 Å². The molecule has 35 heavy (non-hydrogen) atoms. The summed E-state index contributed by atoms with van der Waals surface area (Å²) in [4.78, 5) is 27.4. The predicted octanol–water partition coefficient (Wildman–Crippen LogP) is 3.91. The van der Waals surface area contributed by atoms with Gasteiger partial charge in [-0.25, -0.2) is 9.18 Å². The van der Waals surface area contributed by atoms with Crippen LogP contribution in [-0.2, 0) is 26.6 Å². The average Bonchev–Trinajstić information content (AvgIpc) is 2.85. The molecule has 0 spiro atoms. The molecule has 0 saturated carbocycles. The van der Waals surface area contributed by atoms with E-state index in [1.54, 1.807) is 36.4 Å². The minimum atomic E-state index is -1.62. The Bertz CT molecular complexity index is 999. The van der Waals surface area contributed by atoms with Crippen LogP contribution in [-0.4, -0.2) is 73.9 Å². The second-order valence-electron chi connectivity index (χ2n) is 7.81. The van der Waals surface area contributed by atoms with Gasteiger partial charge in [-0.05, 0) is 36.9 Å². The third-order valence-electron chi connectivity index (χ3n) is 5.89. The first-order valence-electron chi connectivity index (χ1n) is 11.3. The molecule has 0 heterocycles. The molecule has 0 aliphatic rings. The number of carbonyl (C=O) groups excluding carboxylic acids is 1. The number of carboxylic acid groups (broad SMARTS) is 1. The number of likely N-dealkylation sites (N-methyl/N-ethyl adjacent to an activating group) is 1. The Kier molecular flexibility index (Phi) is 10.9. The SMILES string of the molecule is CCN(CC)CCN(CC(=O)NCc1ccc(Cl)cc1C(OC)(OC)c1ccccc1F)C(=O)O. The molecule has 0 bridgehead atoms. The van der Waals surface area contributed by atoms with Gasteiger partial charge < -0.3 is 24.8 Å². The Balaban J connectivity index is 2.25. The molecule has 0 atom stereocenters. The van der Waals surface area contributed by atoms with Crippen molar-refractivity contribution in [2.45, 2.75) is 26.2 Å². The molecule has 2 aromatic rings. The minimum Gasteiger partial charge on any atom is -0.465 e. The number of halogens is 2. The van der Waals surface area contributed by atoms with Crippen molar-refractivity contribution in [2.24, 2.45) is 0 Å². The fourth-order valence-corrected chi connectivity index (χ4v) is 4.05. The Hall–Kier alpha value is -2.72. The van der Waals surface area contributed by atoms with Crippen molar-refractivity contribution in [3.63, 3.8) is 0 Å². The van der Waals surface area contributed by atoms with E-state index in [2.05, 4.69) is 10.2 Å². The summed E-state index contributed by atoms with van der Waals surface area (Å²) in [6.07, 6.45) is -1.17. The zero-order valence-corrected chi connectivity index (χ0v) is 21.3. The predicted molar refractivity (Wildman–Crippen MR) is 132 cm³/mol. The number of carbonyl (C=O) groups is 2. The molecule has 0 fully saturated rings. The molecular weight excluding hydrogens is 477 g/mol. The Labute approximate surface area is 210 Å². The molecule has 2 N–H and O–H groups in total. The summed E-state index contributed by atoms with van der Waals surface area (Å²) < 4.78 is 26.1. The van der Waals surface area contributed by atoms with Crippen molar-refractivity contribution in [1.82, 2.24) is 15.1 Å². The van der Waals surface area contributed by atoms with Gasteiger partial charge in [0.1, 0.15) is 12.4 Å². The molecule has 0 radical (unpaired) electrons. The average molecular weight is 510 g/mol. The molecule has 2 amide bonds. The first-order chi connectivity index (χ1) is 16.7. The summed E-state index contributed by atoms with van der Waals surface area (Å²) in [7, 11) is 2.78. The van der Waals surface area contributed by atoms with Gasteiger partial charge >= 0.3 is 6.09 Å². The monoisotopic (exact) mass is 509 g/mol. The summed E-state index contributed by atoms with van der Waals surface area (Å²) in [5.41, 5.74) is 1.13. The van der Waals surface area contributed by atoms with E-state index in [0.29, 0.717) is 22.7 Å². The highest BCUT2D eigenvalue weighted by Gasteiger charge is 2.39. The van der Waals surface area contributed by atoms with Crippen LogP contribution in [0.15, 0.2) is 42.5 Å². The lowest BCUT2D eigenvalue weighted by Gasteiger charge is -2.34. The number of benzene rings is 2. The number of methoxy groups -OCH3 is 2. The zero-order valence-electron chi connectivity index (χ0n) is 20.5. The zero-order chi connectivity index (χ0) is 26.0. The van der Waals surface area contributed by atoms with Gasteiger partial charge in [0.05, 0.1) is 5.56 Å². The molecule has 2 aromatic carbocycles. The highest BCUT2D eigenvalue weighted by Crippen LogP contribution is 2.38. The number of rotatable bonds is 13. The van der Waals surface area contributed by atoms with Crippen molar-refractivity contribution < 1.29 is 28.6 Å². The molecule has 0 aromatic heterocycles. The van der Waals surface area contributed by atoms with E-state index in [4.69, 9.17) is 21.1 Å². The maximum atomic E-state index is 14.8.